The van der Waals surface area contributed by atoms with Crippen molar-refractivity contribution in [3.63, 3.8) is 0 Å². The van der Waals surface area contributed by atoms with E-state index in [1.165, 1.54) is 0 Å². The number of aryl methyl sites for hydroxylation is 1. The van der Waals surface area contributed by atoms with Crippen molar-refractivity contribution in [2.75, 3.05) is 0 Å². The lowest BCUT2D eigenvalue weighted by molar-refractivity contribution is 0.298. The first-order valence-corrected chi connectivity index (χ1v) is 8.34. The van der Waals surface area contributed by atoms with E-state index in [0.717, 1.165) is 16.3 Å². The Morgan fingerprint density at radius 2 is 2.10 bits per heavy atom. The fourth-order valence-corrected chi connectivity index (χ4v) is 3.03. The van der Waals surface area contributed by atoms with Crippen LogP contribution in [0.15, 0.2) is 17.5 Å². The van der Waals surface area contributed by atoms with Gasteiger partial charge in [-0.05, 0) is 19.1 Å². The van der Waals surface area contributed by atoms with Gasteiger partial charge in [-0.2, -0.15) is 0 Å². The lowest BCUT2D eigenvalue weighted by Crippen LogP contribution is -2.22. The van der Waals surface area contributed by atoms with Gasteiger partial charge in [-0.1, -0.05) is 37.0 Å². The van der Waals surface area contributed by atoms with Crippen LogP contribution in [-0.2, 0) is 13.2 Å². The monoisotopic (exact) mass is 344 g/mol. The van der Waals surface area contributed by atoms with Gasteiger partial charge in [0.1, 0.15) is 12.4 Å². The second-order valence-corrected chi connectivity index (χ2v) is 6.96. The van der Waals surface area contributed by atoms with Crippen molar-refractivity contribution in [2.24, 2.45) is 0 Å². The van der Waals surface area contributed by atoms with Crippen molar-refractivity contribution in [3.05, 3.63) is 43.8 Å². The van der Waals surface area contributed by atoms with Crippen molar-refractivity contribution in [2.45, 2.75) is 40.0 Å². The zero-order valence-electron chi connectivity index (χ0n) is 12.2. The van der Waals surface area contributed by atoms with Gasteiger partial charge in [-0.25, -0.2) is 4.98 Å². The average Bonchev–Trinajstić information content (AvgIpc) is 2.80. The number of benzene rings is 1. The van der Waals surface area contributed by atoms with E-state index in [9.17, 15) is 0 Å². The minimum atomic E-state index is 0.372. The summed E-state index contributed by atoms with van der Waals surface area (Å²) in [5.41, 5.74) is 1.86. The molecule has 3 nitrogen and oxygen atoms in total. The molecule has 0 saturated carbocycles. The lowest BCUT2D eigenvalue weighted by atomic mass is 10.2. The number of aromatic nitrogens is 1. The number of thiazole rings is 1. The predicted molar refractivity (Wildman–Crippen MR) is 89.6 cm³/mol. The maximum Gasteiger partial charge on any atom is 0.143 e. The molecule has 0 saturated heterocycles. The van der Waals surface area contributed by atoms with E-state index in [2.05, 4.69) is 24.1 Å². The van der Waals surface area contributed by atoms with Crippen LogP contribution in [0.25, 0.3) is 0 Å². The quantitative estimate of drug-likeness (QED) is 0.814. The minimum Gasteiger partial charge on any atom is -0.485 e. The van der Waals surface area contributed by atoms with Gasteiger partial charge in [0.25, 0.3) is 0 Å². The fraction of sp³-hybridized carbons (Fsp3) is 0.400. The predicted octanol–water partition coefficient (Wildman–Crippen LogP) is 4.84. The Morgan fingerprint density at radius 1 is 1.33 bits per heavy atom. The summed E-state index contributed by atoms with van der Waals surface area (Å²) < 4.78 is 5.87. The Labute approximate surface area is 139 Å². The largest absolute Gasteiger partial charge is 0.485 e. The highest BCUT2D eigenvalue weighted by atomic mass is 35.5. The van der Waals surface area contributed by atoms with Crippen molar-refractivity contribution >= 4 is 34.5 Å². The Kier molecular flexibility index (Phi) is 5.88. The minimum absolute atomic E-state index is 0.372. The number of nitrogens with zero attached hydrogens (tertiary/aromatic N) is 1. The van der Waals surface area contributed by atoms with E-state index < -0.39 is 0 Å². The van der Waals surface area contributed by atoms with E-state index in [0.29, 0.717) is 35.0 Å². The summed E-state index contributed by atoms with van der Waals surface area (Å²) in [4.78, 5) is 4.39. The van der Waals surface area contributed by atoms with Gasteiger partial charge in [0.2, 0.25) is 0 Å². The molecule has 6 heteroatoms. The third-order valence-electron chi connectivity index (χ3n) is 2.82. The maximum atomic E-state index is 6.27. The molecule has 0 aliphatic heterocycles. The third kappa shape index (κ3) is 4.85. The van der Waals surface area contributed by atoms with Crippen LogP contribution in [0.4, 0.5) is 0 Å². The summed E-state index contributed by atoms with van der Waals surface area (Å²) >= 11 is 14.0. The second kappa shape index (κ2) is 7.45. The SMILES string of the molecule is Cc1nc(COc2c(Cl)cc(Cl)cc2CNC(C)C)cs1. The maximum absolute atomic E-state index is 6.27. The molecule has 114 valence electrons. The van der Waals surface area contributed by atoms with E-state index in [-0.39, 0.29) is 0 Å². The Balaban J connectivity index is 2.15. The molecule has 1 N–H and O–H groups in total. The van der Waals surface area contributed by atoms with Crippen LogP contribution in [0.5, 0.6) is 5.75 Å². The first-order chi connectivity index (χ1) is 9.95. The van der Waals surface area contributed by atoms with Crippen molar-refractivity contribution in [3.8, 4) is 5.75 Å². The molecule has 1 aromatic heterocycles. The van der Waals surface area contributed by atoms with Crippen LogP contribution in [-0.4, -0.2) is 11.0 Å². The number of nitrogens with one attached hydrogen (secondary N) is 1. The van der Waals surface area contributed by atoms with E-state index in [1.807, 2.05) is 18.4 Å². The molecule has 2 rings (SSSR count). The van der Waals surface area contributed by atoms with Crippen LogP contribution in [0, 0.1) is 6.92 Å². The summed E-state index contributed by atoms with van der Waals surface area (Å²) in [5.74, 6) is 0.667. The summed E-state index contributed by atoms with van der Waals surface area (Å²) in [6.07, 6.45) is 0. The van der Waals surface area contributed by atoms with Gasteiger partial charge in [-0.3, -0.25) is 0 Å². The van der Waals surface area contributed by atoms with Gasteiger partial charge < -0.3 is 10.1 Å². The van der Waals surface area contributed by atoms with Crippen LogP contribution < -0.4 is 10.1 Å². The molecule has 2 aromatic rings. The van der Waals surface area contributed by atoms with Gasteiger partial charge in [0, 0.05) is 28.6 Å². The molecule has 1 aromatic carbocycles. The topological polar surface area (TPSA) is 34.1 Å². The molecule has 0 radical (unpaired) electrons. The number of halogens is 2. The molecule has 0 aliphatic carbocycles. The normalized spacial score (nSPS) is 11.1. The van der Waals surface area contributed by atoms with Crippen molar-refractivity contribution in [1.29, 1.82) is 0 Å². The first kappa shape index (κ1) is 16.6. The third-order valence-corrected chi connectivity index (χ3v) is 4.14. The summed E-state index contributed by atoms with van der Waals surface area (Å²) in [6.45, 7) is 7.21. The Hall–Kier alpha value is -0.810. The summed E-state index contributed by atoms with van der Waals surface area (Å²) in [6, 6.07) is 3.95. The lowest BCUT2D eigenvalue weighted by Gasteiger charge is -2.15. The molecular formula is C15H18Cl2N2OS. The smallest absolute Gasteiger partial charge is 0.143 e. The molecule has 0 bridgehead atoms. The van der Waals surface area contributed by atoms with Gasteiger partial charge in [0.05, 0.1) is 15.7 Å². The van der Waals surface area contributed by atoms with E-state index >= 15 is 0 Å². The van der Waals surface area contributed by atoms with Crippen molar-refractivity contribution < 1.29 is 4.74 Å². The summed E-state index contributed by atoms with van der Waals surface area (Å²) in [7, 11) is 0. The molecule has 0 fully saturated rings. The van der Waals surface area contributed by atoms with Crippen LogP contribution in [0.1, 0.15) is 30.1 Å². The average molecular weight is 345 g/mol. The van der Waals surface area contributed by atoms with Crippen molar-refractivity contribution in [1.82, 2.24) is 10.3 Å². The Bertz CT molecular complexity index is 614. The highest BCUT2D eigenvalue weighted by Gasteiger charge is 2.12. The van der Waals surface area contributed by atoms with Gasteiger partial charge in [-0.15, -0.1) is 11.3 Å². The molecule has 1 heterocycles. The zero-order chi connectivity index (χ0) is 15.4. The number of rotatable bonds is 6. The molecule has 21 heavy (non-hydrogen) atoms. The molecule has 0 spiro atoms. The molecule has 0 aliphatic rings. The standard InChI is InChI=1S/C15H18Cl2N2OS/c1-9(2)18-6-11-4-12(16)5-14(17)15(11)20-7-13-8-21-10(3)19-13/h4-5,8-9,18H,6-7H2,1-3H3. The fourth-order valence-electron chi connectivity index (χ4n) is 1.84. The van der Waals surface area contributed by atoms with Crippen LogP contribution >= 0.6 is 34.5 Å². The number of hydrogen-bond acceptors (Lipinski definition) is 4. The molecule has 0 atom stereocenters. The first-order valence-electron chi connectivity index (χ1n) is 6.71. The molecule has 0 amide bonds. The molecule has 0 unspecified atom stereocenters. The number of hydrogen-bond donors (Lipinski definition) is 1. The van der Waals surface area contributed by atoms with Gasteiger partial charge in [0.15, 0.2) is 0 Å². The highest BCUT2D eigenvalue weighted by Crippen LogP contribution is 2.33. The second-order valence-electron chi connectivity index (χ2n) is 5.06. The highest BCUT2D eigenvalue weighted by molar-refractivity contribution is 7.09. The number of ether oxygens (including phenoxy) is 1. The zero-order valence-corrected chi connectivity index (χ0v) is 14.6. The van der Waals surface area contributed by atoms with Crippen LogP contribution in [0.3, 0.4) is 0 Å². The summed E-state index contributed by atoms with van der Waals surface area (Å²) in [5, 5.41) is 7.50. The molecular weight excluding hydrogens is 327 g/mol. The van der Waals surface area contributed by atoms with E-state index in [1.54, 1.807) is 17.4 Å². The van der Waals surface area contributed by atoms with Gasteiger partial charge >= 0.3 is 0 Å². The Morgan fingerprint density at radius 3 is 2.71 bits per heavy atom. The van der Waals surface area contributed by atoms with Crippen LogP contribution in [0.2, 0.25) is 10.0 Å². The van der Waals surface area contributed by atoms with E-state index in [4.69, 9.17) is 27.9 Å².